The summed E-state index contributed by atoms with van der Waals surface area (Å²) in [6.07, 6.45) is 12.1. The van der Waals surface area contributed by atoms with Crippen LogP contribution in [0.25, 0.3) is 0 Å². The molecule has 0 fully saturated rings. The summed E-state index contributed by atoms with van der Waals surface area (Å²) in [6, 6.07) is 0. The smallest absolute Gasteiger partial charge is 0.251 e. The second-order valence-corrected chi connectivity index (χ2v) is 7.08. The Bertz CT molecular complexity index is 527. The summed E-state index contributed by atoms with van der Waals surface area (Å²) in [5, 5.41) is 0. The molecule has 0 aliphatic heterocycles. The van der Waals surface area contributed by atoms with Crippen LogP contribution in [0.1, 0.15) is 76.7 Å². The Hall–Kier alpha value is -0.920. The van der Waals surface area contributed by atoms with Gasteiger partial charge in [0, 0.05) is 13.3 Å². The van der Waals surface area contributed by atoms with Gasteiger partial charge in [0.05, 0.1) is 13.7 Å². The van der Waals surface area contributed by atoms with Crippen molar-refractivity contribution in [3.63, 3.8) is 0 Å². The molecule has 142 valence electrons. The molecule has 0 saturated carbocycles. The van der Waals surface area contributed by atoms with Crippen molar-refractivity contribution in [3.05, 3.63) is 17.7 Å². The highest BCUT2D eigenvalue weighted by Crippen LogP contribution is 2.05. The van der Waals surface area contributed by atoms with Gasteiger partial charge in [-0.2, -0.15) is 0 Å². The van der Waals surface area contributed by atoms with E-state index in [9.17, 15) is 13.0 Å². The van der Waals surface area contributed by atoms with E-state index in [-0.39, 0.29) is 6.61 Å². The molecule has 0 amide bonds. The Morgan fingerprint density at radius 1 is 1.08 bits per heavy atom. The fourth-order valence-corrected chi connectivity index (χ4v) is 2.56. The molecule has 0 unspecified atom stereocenters. The standard InChI is InChI=1S/C9H16N2.C8H18O4S/c1-4-5-6-9-7-10-8(2)11(9)3;1-2-3-4-5-6-7-8-12-13(9,10)11/h7H,4-6H2,1-3H3;2-8H2,1H3,(H,9,10,11). The van der Waals surface area contributed by atoms with Crippen molar-refractivity contribution in [1.29, 1.82) is 0 Å². The van der Waals surface area contributed by atoms with Gasteiger partial charge in [0.25, 0.3) is 5.82 Å². The quantitative estimate of drug-likeness (QED) is 0.283. The molecule has 0 bridgehead atoms. The number of aromatic amines is 1. The Kier molecular flexibility index (Phi) is 12.9. The monoisotopic (exact) mass is 362 g/mol. The molecule has 0 aromatic carbocycles. The summed E-state index contributed by atoms with van der Waals surface area (Å²) in [5.41, 5.74) is 1.41. The fraction of sp³-hybridized carbons (Fsp3) is 0.824. The van der Waals surface area contributed by atoms with E-state index in [2.05, 4.69) is 47.7 Å². The maximum absolute atomic E-state index is 9.99. The highest BCUT2D eigenvalue weighted by Gasteiger charge is 2.07. The molecule has 0 atom stereocenters. The van der Waals surface area contributed by atoms with Crippen molar-refractivity contribution in [2.45, 2.75) is 78.6 Å². The SMILES string of the molecule is CCCCCCCCOS(=O)(=O)[O-].CCCCc1c[nH]c(C)[n+]1C. The minimum absolute atomic E-state index is 0.0258. The van der Waals surface area contributed by atoms with Gasteiger partial charge >= 0.3 is 0 Å². The van der Waals surface area contributed by atoms with Crippen LogP contribution in [0.3, 0.4) is 0 Å². The highest BCUT2D eigenvalue weighted by atomic mass is 32.3. The van der Waals surface area contributed by atoms with Gasteiger partial charge in [-0.3, -0.25) is 4.18 Å². The molecular weight excluding hydrogens is 328 g/mol. The van der Waals surface area contributed by atoms with Crippen LogP contribution in [-0.2, 0) is 28.1 Å². The van der Waals surface area contributed by atoms with Crippen molar-refractivity contribution in [2.75, 3.05) is 6.61 Å². The first kappa shape index (κ1) is 23.1. The van der Waals surface area contributed by atoms with E-state index < -0.39 is 10.4 Å². The fourth-order valence-electron chi connectivity index (χ4n) is 2.24. The lowest BCUT2D eigenvalue weighted by Crippen LogP contribution is -2.33. The number of imidazole rings is 1. The summed E-state index contributed by atoms with van der Waals surface area (Å²) >= 11 is 0. The molecule has 1 aromatic heterocycles. The highest BCUT2D eigenvalue weighted by molar-refractivity contribution is 7.80. The summed E-state index contributed by atoms with van der Waals surface area (Å²) in [4.78, 5) is 3.21. The minimum atomic E-state index is -4.47. The molecule has 0 spiro atoms. The number of aryl methyl sites for hydroxylation is 2. The number of H-pyrrole nitrogens is 1. The van der Waals surface area contributed by atoms with E-state index in [1.54, 1.807) is 0 Å². The second kappa shape index (κ2) is 13.4. The molecule has 1 aromatic rings. The maximum Gasteiger partial charge on any atom is 0.251 e. The van der Waals surface area contributed by atoms with Crippen molar-refractivity contribution in [1.82, 2.24) is 4.98 Å². The van der Waals surface area contributed by atoms with Crippen LogP contribution in [0.5, 0.6) is 0 Å². The van der Waals surface area contributed by atoms with Crippen LogP contribution in [0, 0.1) is 6.92 Å². The molecule has 7 heteroatoms. The van der Waals surface area contributed by atoms with Crippen LogP contribution in [0.4, 0.5) is 0 Å². The zero-order valence-corrected chi connectivity index (χ0v) is 16.5. The van der Waals surface area contributed by atoms with E-state index in [1.807, 2.05) is 0 Å². The van der Waals surface area contributed by atoms with Gasteiger partial charge < -0.3 is 4.55 Å². The first-order valence-electron chi connectivity index (χ1n) is 8.94. The zero-order valence-electron chi connectivity index (χ0n) is 15.6. The number of unbranched alkanes of at least 4 members (excludes halogenated alkanes) is 6. The summed E-state index contributed by atoms with van der Waals surface area (Å²) < 4.78 is 36.2. The van der Waals surface area contributed by atoms with Gasteiger partial charge in [0.15, 0.2) is 0 Å². The lowest BCUT2D eigenvalue weighted by Gasteiger charge is -2.06. The van der Waals surface area contributed by atoms with Gasteiger partial charge in [-0.15, -0.1) is 0 Å². The number of aromatic nitrogens is 2. The van der Waals surface area contributed by atoms with Gasteiger partial charge in [-0.25, -0.2) is 18.0 Å². The van der Waals surface area contributed by atoms with E-state index >= 15 is 0 Å². The average Bonchev–Trinajstić information content (AvgIpc) is 2.83. The predicted molar refractivity (Wildman–Crippen MR) is 94.3 cm³/mol. The topological polar surface area (TPSA) is 86.1 Å². The van der Waals surface area contributed by atoms with Gasteiger partial charge in [-0.1, -0.05) is 52.4 Å². The number of hydrogen-bond donors (Lipinski definition) is 1. The number of hydrogen-bond acceptors (Lipinski definition) is 4. The van der Waals surface area contributed by atoms with Crippen LogP contribution in [0.2, 0.25) is 0 Å². The van der Waals surface area contributed by atoms with Crippen LogP contribution in [0.15, 0.2) is 6.20 Å². The molecule has 1 heterocycles. The number of nitrogens with one attached hydrogen (secondary N) is 1. The molecule has 24 heavy (non-hydrogen) atoms. The molecule has 6 nitrogen and oxygen atoms in total. The molecule has 0 saturated heterocycles. The van der Waals surface area contributed by atoms with E-state index in [0.29, 0.717) is 6.42 Å². The molecule has 1 rings (SSSR count). The minimum Gasteiger partial charge on any atom is -0.726 e. The zero-order chi connectivity index (χ0) is 18.4. The largest absolute Gasteiger partial charge is 0.726 e. The van der Waals surface area contributed by atoms with Crippen molar-refractivity contribution in [3.8, 4) is 0 Å². The second-order valence-electron chi connectivity index (χ2n) is 6.03. The maximum atomic E-state index is 9.99. The lowest BCUT2D eigenvalue weighted by atomic mass is 10.1. The molecule has 0 aliphatic carbocycles. The van der Waals surface area contributed by atoms with E-state index in [0.717, 1.165) is 12.8 Å². The summed E-state index contributed by atoms with van der Waals surface area (Å²) in [7, 11) is -2.36. The third kappa shape index (κ3) is 12.5. The lowest BCUT2D eigenvalue weighted by molar-refractivity contribution is -0.683. The Balaban J connectivity index is 0.000000446. The van der Waals surface area contributed by atoms with Gasteiger partial charge in [-0.05, 0) is 12.8 Å². The van der Waals surface area contributed by atoms with Crippen LogP contribution >= 0.6 is 0 Å². The van der Waals surface area contributed by atoms with Crippen LogP contribution in [-0.4, -0.2) is 24.6 Å². The molecule has 0 radical (unpaired) electrons. The molecule has 1 N–H and O–H groups in total. The van der Waals surface area contributed by atoms with Gasteiger partial charge in [0.2, 0.25) is 10.4 Å². The van der Waals surface area contributed by atoms with Crippen molar-refractivity contribution >= 4 is 10.4 Å². The van der Waals surface area contributed by atoms with E-state index in [1.165, 1.54) is 50.0 Å². The number of rotatable bonds is 11. The Labute approximate surface area is 147 Å². The predicted octanol–water partition coefficient (Wildman–Crippen LogP) is 3.31. The average molecular weight is 363 g/mol. The first-order chi connectivity index (χ1) is 11.3. The van der Waals surface area contributed by atoms with Gasteiger partial charge in [0.1, 0.15) is 11.9 Å². The third-order valence-electron chi connectivity index (χ3n) is 3.89. The van der Waals surface area contributed by atoms with Crippen LogP contribution < -0.4 is 4.57 Å². The normalized spacial score (nSPS) is 11.2. The Morgan fingerprint density at radius 2 is 1.67 bits per heavy atom. The molecular formula is C17H34N2O4S. The molecule has 0 aliphatic rings. The van der Waals surface area contributed by atoms with Crippen molar-refractivity contribution in [2.24, 2.45) is 7.05 Å². The first-order valence-corrected chi connectivity index (χ1v) is 10.3. The van der Waals surface area contributed by atoms with Crippen molar-refractivity contribution < 1.29 is 21.7 Å². The third-order valence-corrected chi connectivity index (χ3v) is 4.35. The summed E-state index contributed by atoms with van der Waals surface area (Å²) in [5.74, 6) is 1.23. The number of nitrogens with zero attached hydrogens (tertiary/aromatic N) is 1. The Morgan fingerprint density at radius 3 is 2.17 bits per heavy atom. The van der Waals surface area contributed by atoms with E-state index in [4.69, 9.17) is 0 Å². The summed E-state index contributed by atoms with van der Waals surface area (Å²) in [6.45, 7) is 6.47.